The molecular formula is C17H18N2O6S. The molecule has 2 rings (SSSR count). The number of hydrogen-bond donors (Lipinski definition) is 2. The molecule has 8 nitrogen and oxygen atoms in total. The van der Waals surface area contributed by atoms with E-state index in [2.05, 4.69) is 10.0 Å². The SMILES string of the molecule is CNS(=O)(=O)c1cccc(C(=O)OCC(=O)Nc2ccc(OC)cc2)c1. The van der Waals surface area contributed by atoms with Crippen molar-refractivity contribution in [2.45, 2.75) is 4.90 Å². The smallest absolute Gasteiger partial charge is 0.338 e. The van der Waals surface area contributed by atoms with Gasteiger partial charge in [0.1, 0.15) is 5.75 Å². The topological polar surface area (TPSA) is 111 Å². The lowest BCUT2D eigenvalue weighted by atomic mass is 10.2. The van der Waals surface area contributed by atoms with Crippen LogP contribution in [0.5, 0.6) is 5.75 Å². The summed E-state index contributed by atoms with van der Waals surface area (Å²) in [5.74, 6) is -0.684. The summed E-state index contributed by atoms with van der Waals surface area (Å²) in [6, 6.07) is 12.0. The molecule has 0 aromatic heterocycles. The van der Waals surface area contributed by atoms with Crippen LogP contribution in [0.3, 0.4) is 0 Å². The maximum absolute atomic E-state index is 12.0. The molecule has 0 saturated heterocycles. The summed E-state index contributed by atoms with van der Waals surface area (Å²) in [6.45, 7) is -0.506. The highest BCUT2D eigenvalue weighted by atomic mass is 32.2. The number of carbonyl (C=O) groups is 2. The lowest BCUT2D eigenvalue weighted by Crippen LogP contribution is -2.21. The average Bonchev–Trinajstić information content (AvgIpc) is 2.66. The minimum atomic E-state index is -3.68. The van der Waals surface area contributed by atoms with Gasteiger partial charge in [-0.2, -0.15) is 0 Å². The normalized spacial score (nSPS) is 10.8. The van der Waals surface area contributed by atoms with Gasteiger partial charge >= 0.3 is 5.97 Å². The molecule has 138 valence electrons. The van der Waals surface area contributed by atoms with E-state index in [9.17, 15) is 18.0 Å². The molecule has 0 fully saturated rings. The minimum absolute atomic E-state index is 0.0265. The fraction of sp³-hybridized carbons (Fsp3) is 0.176. The lowest BCUT2D eigenvalue weighted by molar-refractivity contribution is -0.119. The van der Waals surface area contributed by atoms with Crippen molar-refractivity contribution in [1.29, 1.82) is 0 Å². The molecule has 2 aromatic rings. The van der Waals surface area contributed by atoms with Gasteiger partial charge < -0.3 is 14.8 Å². The Hall–Kier alpha value is -2.91. The van der Waals surface area contributed by atoms with Gasteiger partial charge in [-0.1, -0.05) is 6.07 Å². The molecule has 2 aromatic carbocycles. The number of anilines is 1. The van der Waals surface area contributed by atoms with Crippen LogP contribution >= 0.6 is 0 Å². The Morgan fingerprint density at radius 2 is 1.77 bits per heavy atom. The Labute approximate surface area is 151 Å². The van der Waals surface area contributed by atoms with Crippen molar-refractivity contribution in [2.75, 3.05) is 26.1 Å². The first-order valence-electron chi connectivity index (χ1n) is 7.50. The Morgan fingerprint density at radius 1 is 1.08 bits per heavy atom. The molecule has 0 spiro atoms. The molecule has 2 N–H and O–H groups in total. The number of esters is 1. The van der Waals surface area contributed by atoms with Crippen molar-refractivity contribution >= 4 is 27.6 Å². The molecule has 1 amide bonds. The van der Waals surface area contributed by atoms with Gasteiger partial charge in [-0.3, -0.25) is 4.79 Å². The van der Waals surface area contributed by atoms with Crippen molar-refractivity contribution in [2.24, 2.45) is 0 Å². The highest BCUT2D eigenvalue weighted by Gasteiger charge is 2.16. The largest absolute Gasteiger partial charge is 0.497 e. The summed E-state index contributed by atoms with van der Waals surface area (Å²) in [4.78, 5) is 23.8. The molecule has 0 bridgehead atoms. The average molecular weight is 378 g/mol. The summed E-state index contributed by atoms with van der Waals surface area (Å²) < 4.78 is 35.6. The number of hydrogen-bond acceptors (Lipinski definition) is 6. The Balaban J connectivity index is 1.95. The predicted molar refractivity (Wildman–Crippen MR) is 94.6 cm³/mol. The van der Waals surface area contributed by atoms with E-state index in [1.165, 1.54) is 38.4 Å². The zero-order valence-corrected chi connectivity index (χ0v) is 15.0. The molecule has 26 heavy (non-hydrogen) atoms. The van der Waals surface area contributed by atoms with Crippen LogP contribution in [-0.2, 0) is 19.6 Å². The van der Waals surface area contributed by atoms with Crippen LogP contribution in [0.2, 0.25) is 0 Å². The Kier molecular flexibility index (Phi) is 6.31. The summed E-state index contributed by atoms with van der Waals surface area (Å²) in [5.41, 5.74) is 0.549. The van der Waals surface area contributed by atoms with Crippen molar-refractivity contribution in [1.82, 2.24) is 4.72 Å². The quantitative estimate of drug-likeness (QED) is 0.705. The number of methoxy groups -OCH3 is 1. The molecule has 9 heteroatoms. The van der Waals surface area contributed by atoms with Gasteiger partial charge in [0.15, 0.2) is 6.61 Å². The van der Waals surface area contributed by atoms with E-state index in [0.29, 0.717) is 11.4 Å². The molecule has 0 aliphatic heterocycles. The molecule has 0 unspecified atom stereocenters. The number of ether oxygens (including phenoxy) is 2. The van der Waals surface area contributed by atoms with Gasteiger partial charge in [-0.25, -0.2) is 17.9 Å². The zero-order valence-electron chi connectivity index (χ0n) is 14.2. The Morgan fingerprint density at radius 3 is 2.38 bits per heavy atom. The van der Waals surface area contributed by atoms with Crippen LogP contribution in [0.25, 0.3) is 0 Å². The maximum Gasteiger partial charge on any atom is 0.338 e. The standard InChI is InChI=1S/C17H18N2O6S/c1-18-26(22,23)15-5-3-4-12(10-15)17(21)25-11-16(20)19-13-6-8-14(24-2)9-7-13/h3-10,18H,11H2,1-2H3,(H,19,20). The van der Waals surface area contributed by atoms with E-state index in [4.69, 9.17) is 9.47 Å². The van der Waals surface area contributed by atoms with E-state index in [1.54, 1.807) is 24.3 Å². The van der Waals surface area contributed by atoms with Gasteiger partial charge in [0.25, 0.3) is 5.91 Å². The van der Waals surface area contributed by atoms with E-state index in [-0.39, 0.29) is 10.5 Å². The number of nitrogens with one attached hydrogen (secondary N) is 2. The summed E-state index contributed by atoms with van der Waals surface area (Å²) in [6.07, 6.45) is 0. The third-order valence-corrected chi connectivity index (χ3v) is 4.77. The predicted octanol–water partition coefficient (Wildman–Crippen LogP) is 1.40. The number of amides is 1. The van der Waals surface area contributed by atoms with E-state index in [1.807, 2.05) is 0 Å². The molecule has 0 atom stereocenters. The number of rotatable bonds is 7. The maximum atomic E-state index is 12.0. The van der Waals surface area contributed by atoms with Crippen molar-refractivity contribution in [3.05, 3.63) is 54.1 Å². The molecule has 0 saturated carbocycles. The van der Waals surface area contributed by atoms with Gasteiger partial charge in [0.2, 0.25) is 10.0 Å². The molecule has 0 aliphatic rings. The number of sulfonamides is 1. The third-order valence-electron chi connectivity index (χ3n) is 3.36. The number of benzene rings is 2. The lowest BCUT2D eigenvalue weighted by Gasteiger charge is -2.08. The van der Waals surface area contributed by atoms with E-state index in [0.717, 1.165) is 0 Å². The second kappa shape index (κ2) is 8.45. The van der Waals surface area contributed by atoms with Crippen LogP contribution < -0.4 is 14.8 Å². The Bertz CT molecular complexity index is 894. The monoisotopic (exact) mass is 378 g/mol. The van der Waals surface area contributed by atoms with E-state index < -0.39 is 28.5 Å². The van der Waals surface area contributed by atoms with Crippen LogP contribution in [0.4, 0.5) is 5.69 Å². The van der Waals surface area contributed by atoms with Gasteiger partial charge in [0.05, 0.1) is 17.6 Å². The summed E-state index contributed by atoms with van der Waals surface area (Å²) in [5, 5.41) is 2.57. The van der Waals surface area contributed by atoms with Crippen LogP contribution in [0, 0.1) is 0 Å². The molecule has 0 radical (unpaired) electrons. The zero-order chi connectivity index (χ0) is 19.2. The van der Waals surface area contributed by atoms with Gasteiger partial charge in [-0.05, 0) is 49.5 Å². The fourth-order valence-corrected chi connectivity index (χ4v) is 2.77. The molecular weight excluding hydrogens is 360 g/mol. The third kappa shape index (κ3) is 5.04. The van der Waals surface area contributed by atoms with Gasteiger partial charge in [-0.15, -0.1) is 0 Å². The highest BCUT2D eigenvalue weighted by Crippen LogP contribution is 2.15. The second-order valence-corrected chi connectivity index (χ2v) is 6.97. The van der Waals surface area contributed by atoms with Crippen molar-refractivity contribution in [3.63, 3.8) is 0 Å². The first-order chi connectivity index (χ1) is 12.4. The van der Waals surface area contributed by atoms with E-state index >= 15 is 0 Å². The summed E-state index contributed by atoms with van der Waals surface area (Å²) in [7, 11) is -0.880. The van der Waals surface area contributed by atoms with Crippen LogP contribution in [0.1, 0.15) is 10.4 Å². The van der Waals surface area contributed by atoms with Gasteiger partial charge in [0, 0.05) is 5.69 Å². The highest BCUT2D eigenvalue weighted by molar-refractivity contribution is 7.89. The first-order valence-corrected chi connectivity index (χ1v) is 8.98. The number of carbonyl (C=O) groups excluding carboxylic acids is 2. The summed E-state index contributed by atoms with van der Waals surface area (Å²) >= 11 is 0. The van der Waals surface area contributed by atoms with Crippen LogP contribution in [0.15, 0.2) is 53.4 Å². The van der Waals surface area contributed by atoms with Crippen molar-refractivity contribution < 1.29 is 27.5 Å². The minimum Gasteiger partial charge on any atom is -0.497 e. The fourth-order valence-electron chi connectivity index (χ4n) is 1.99. The molecule has 0 heterocycles. The molecule has 0 aliphatic carbocycles. The van der Waals surface area contributed by atoms with Crippen molar-refractivity contribution in [3.8, 4) is 5.75 Å². The second-order valence-electron chi connectivity index (χ2n) is 5.09. The first kappa shape index (κ1) is 19.4. The van der Waals surface area contributed by atoms with Crippen LogP contribution in [-0.4, -0.2) is 41.1 Å².